The number of hydrogen-bond donors (Lipinski definition) is 0. The summed E-state index contributed by atoms with van der Waals surface area (Å²) in [5, 5.41) is 8.21. The first-order chi connectivity index (χ1) is 11.2. The fourth-order valence-corrected chi connectivity index (χ4v) is 2.85. The van der Waals surface area contributed by atoms with Gasteiger partial charge in [0.1, 0.15) is 5.82 Å². The van der Waals surface area contributed by atoms with Gasteiger partial charge in [0.15, 0.2) is 5.82 Å². The van der Waals surface area contributed by atoms with Crippen molar-refractivity contribution in [3.05, 3.63) is 60.2 Å². The van der Waals surface area contributed by atoms with Crippen molar-refractivity contribution in [2.24, 2.45) is 0 Å². The first kappa shape index (κ1) is 13.7. The summed E-state index contributed by atoms with van der Waals surface area (Å²) in [6.07, 6.45) is 5.33. The third-order valence-electron chi connectivity index (χ3n) is 4.14. The Hall–Kier alpha value is -2.96. The molecule has 1 aliphatic rings. The van der Waals surface area contributed by atoms with E-state index < -0.39 is 0 Å². The predicted molar refractivity (Wildman–Crippen MR) is 83.1 cm³/mol. The average Bonchev–Trinajstić information content (AvgIpc) is 3.24. The van der Waals surface area contributed by atoms with E-state index in [1.54, 1.807) is 12.5 Å². The van der Waals surface area contributed by atoms with Crippen LogP contribution < -0.4 is 0 Å². The molecule has 0 N–H and O–H groups in total. The Balaban J connectivity index is 1.53. The summed E-state index contributed by atoms with van der Waals surface area (Å²) >= 11 is 0. The minimum absolute atomic E-state index is 0.0223. The topological polar surface area (TPSA) is 68.8 Å². The van der Waals surface area contributed by atoms with Gasteiger partial charge in [0.25, 0.3) is 5.91 Å². The minimum Gasteiger partial charge on any atom is -0.329 e. The zero-order chi connectivity index (χ0) is 15.8. The molecule has 7 nitrogen and oxygen atoms in total. The smallest absolute Gasteiger partial charge is 0.254 e. The molecular weight excluding hydrogens is 292 g/mol. The van der Waals surface area contributed by atoms with Gasteiger partial charge in [0, 0.05) is 36.7 Å². The Bertz CT molecular complexity index is 834. The second kappa shape index (κ2) is 5.35. The molecule has 0 bridgehead atoms. The van der Waals surface area contributed by atoms with Gasteiger partial charge in [-0.15, -0.1) is 10.2 Å². The fraction of sp³-hybridized carbons (Fsp3) is 0.250. The highest BCUT2D eigenvalue weighted by molar-refractivity contribution is 5.94. The first-order valence-corrected chi connectivity index (χ1v) is 7.49. The van der Waals surface area contributed by atoms with E-state index in [4.69, 9.17) is 0 Å². The molecule has 0 aliphatic carbocycles. The molecule has 2 aromatic heterocycles. The van der Waals surface area contributed by atoms with E-state index in [0.717, 1.165) is 23.9 Å². The van der Waals surface area contributed by atoms with Crippen LogP contribution in [0.25, 0.3) is 5.69 Å². The van der Waals surface area contributed by atoms with E-state index in [9.17, 15) is 4.79 Å². The molecule has 0 unspecified atom stereocenters. The normalized spacial score (nSPS) is 13.9. The molecule has 1 aromatic carbocycles. The van der Waals surface area contributed by atoms with Gasteiger partial charge in [-0.05, 0) is 31.2 Å². The number of aryl methyl sites for hydroxylation is 1. The number of hydrogen-bond acceptors (Lipinski definition) is 4. The molecule has 0 atom stereocenters. The molecule has 7 heteroatoms. The summed E-state index contributed by atoms with van der Waals surface area (Å²) in [4.78, 5) is 18.5. The van der Waals surface area contributed by atoms with Crippen molar-refractivity contribution in [1.29, 1.82) is 0 Å². The van der Waals surface area contributed by atoms with E-state index in [0.29, 0.717) is 18.7 Å². The van der Waals surface area contributed by atoms with Crippen molar-refractivity contribution in [2.45, 2.75) is 20.0 Å². The van der Waals surface area contributed by atoms with Crippen molar-refractivity contribution in [2.75, 3.05) is 6.54 Å². The molecule has 23 heavy (non-hydrogen) atoms. The summed E-state index contributed by atoms with van der Waals surface area (Å²) in [6, 6.07) is 7.54. The third-order valence-corrected chi connectivity index (χ3v) is 4.14. The molecule has 0 saturated carbocycles. The molecule has 0 fully saturated rings. The Morgan fingerprint density at radius 3 is 2.70 bits per heavy atom. The number of carbonyl (C=O) groups is 1. The van der Waals surface area contributed by atoms with Gasteiger partial charge in [0.05, 0.1) is 12.9 Å². The minimum atomic E-state index is 0.0223. The Morgan fingerprint density at radius 2 is 1.96 bits per heavy atom. The largest absolute Gasteiger partial charge is 0.329 e. The van der Waals surface area contributed by atoms with E-state index in [2.05, 4.69) is 19.7 Å². The summed E-state index contributed by atoms with van der Waals surface area (Å²) in [5.41, 5.74) is 1.66. The van der Waals surface area contributed by atoms with Crippen LogP contribution in [0, 0.1) is 6.92 Å². The van der Waals surface area contributed by atoms with E-state index in [1.807, 2.05) is 46.9 Å². The van der Waals surface area contributed by atoms with Gasteiger partial charge < -0.3 is 14.0 Å². The maximum Gasteiger partial charge on any atom is 0.254 e. The Morgan fingerprint density at radius 1 is 1.13 bits per heavy atom. The standard InChI is InChI=1S/C16H16N6O/c1-12-18-19-15-10-20(8-9-22(12)15)16(23)13-2-4-14(5-3-13)21-7-6-17-11-21/h2-7,11H,8-10H2,1H3. The van der Waals surface area contributed by atoms with Gasteiger partial charge in [-0.1, -0.05) is 0 Å². The van der Waals surface area contributed by atoms with E-state index in [1.165, 1.54) is 0 Å². The van der Waals surface area contributed by atoms with Crippen molar-refractivity contribution < 1.29 is 4.79 Å². The average molecular weight is 308 g/mol. The first-order valence-electron chi connectivity index (χ1n) is 7.49. The van der Waals surface area contributed by atoms with Crippen LogP contribution in [-0.2, 0) is 13.1 Å². The van der Waals surface area contributed by atoms with Crippen LogP contribution in [0.5, 0.6) is 0 Å². The molecule has 3 aromatic rings. The zero-order valence-corrected chi connectivity index (χ0v) is 12.8. The molecule has 4 rings (SSSR count). The second-order valence-electron chi connectivity index (χ2n) is 5.56. The molecule has 0 radical (unpaired) electrons. The lowest BCUT2D eigenvalue weighted by Crippen LogP contribution is -2.38. The van der Waals surface area contributed by atoms with Crippen molar-refractivity contribution in [3.63, 3.8) is 0 Å². The number of benzene rings is 1. The van der Waals surface area contributed by atoms with E-state index in [-0.39, 0.29) is 5.91 Å². The number of rotatable bonds is 2. The van der Waals surface area contributed by atoms with Crippen LogP contribution in [-0.4, -0.2) is 41.7 Å². The number of nitrogens with zero attached hydrogens (tertiary/aromatic N) is 6. The zero-order valence-electron chi connectivity index (χ0n) is 12.8. The van der Waals surface area contributed by atoms with E-state index >= 15 is 0 Å². The predicted octanol–water partition coefficient (Wildman–Crippen LogP) is 1.43. The highest BCUT2D eigenvalue weighted by Gasteiger charge is 2.24. The second-order valence-corrected chi connectivity index (χ2v) is 5.56. The third kappa shape index (κ3) is 2.40. The van der Waals surface area contributed by atoms with Crippen LogP contribution in [0.2, 0.25) is 0 Å². The van der Waals surface area contributed by atoms with Crippen LogP contribution >= 0.6 is 0 Å². The van der Waals surface area contributed by atoms with Gasteiger partial charge in [0.2, 0.25) is 0 Å². The highest BCUT2D eigenvalue weighted by atomic mass is 16.2. The SMILES string of the molecule is Cc1nnc2n1CCN(C(=O)c1ccc(-n3ccnc3)cc1)C2. The highest BCUT2D eigenvalue weighted by Crippen LogP contribution is 2.16. The van der Waals surface area contributed by atoms with Gasteiger partial charge in [-0.25, -0.2) is 4.98 Å². The Labute approximate surface area is 133 Å². The number of aromatic nitrogens is 5. The molecular formula is C16H16N6O. The molecule has 3 heterocycles. The number of carbonyl (C=O) groups excluding carboxylic acids is 1. The monoisotopic (exact) mass is 308 g/mol. The maximum absolute atomic E-state index is 12.7. The summed E-state index contributed by atoms with van der Waals surface area (Å²) in [7, 11) is 0. The van der Waals surface area contributed by atoms with Crippen molar-refractivity contribution in [1.82, 2.24) is 29.2 Å². The lowest BCUT2D eigenvalue weighted by atomic mass is 10.1. The van der Waals surface area contributed by atoms with Crippen LogP contribution in [0.3, 0.4) is 0 Å². The quantitative estimate of drug-likeness (QED) is 0.718. The summed E-state index contributed by atoms with van der Waals surface area (Å²) < 4.78 is 3.96. The number of amides is 1. The van der Waals surface area contributed by atoms with Crippen LogP contribution in [0.1, 0.15) is 22.0 Å². The molecule has 1 aliphatic heterocycles. The van der Waals surface area contributed by atoms with Crippen molar-refractivity contribution in [3.8, 4) is 5.69 Å². The molecule has 1 amide bonds. The number of fused-ring (bicyclic) bond motifs is 1. The van der Waals surface area contributed by atoms with Crippen molar-refractivity contribution >= 4 is 5.91 Å². The van der Waals surface area contributed by atoms with Gasteiger partial charge in [-0.3, -0.25) is 4.79 Å². The summed E-state index contributed by atoms with van der Waals surface area (Å²) in [5.74, 6) is 1.77. The fourth-order valence-electron chi connectivity index (χ4n) is 2.85. The Kier molecular flexibility index (Phi) is 3.18. The van der Waals surface area contributed by atoms with Gasteiger partial charge >= 0.3 is 0 Å². The number of imidazole rings is 1. The van der Waals surface area contributed by atoms with Crippen LogP contribution in [0.4, 0.5) is 0 Å². The lowest BCUT2D eigenvalue weighted by molar-refractivity contribution is 0.0706. The van der Waals surface area contributed by atoms with Crippen LogP contribution in [0.15, 0.2) is 43.0 Å². The molecule has 0 saturated heterocycles. The maximum atomic E-state index is 12.7. The lowest BCUT2D eigenvalue weighted by Gasteiger charge is -2.27. The molecule has 116 valence electrons. The summed E-state index contributed by atoms with van der Waals surface area (Å²) in [6.45, 7) is 3.85. The molecule has 0 spiro atoms. The van der Waals surface area contributed by atoms with Gasteiger partial charge in [-0.2, -0.15) is 0 Å².